The smallest absolute Gasteiger partial charge is 0.251 e. The van der Waals surface area contributed by atoms with Gasteiger partial charge in [0.25, 0.3) is 5.91 Å². The molecule has 1 saturated heterocycles. The molecule has 1 aromatic rings. The van der Waals surface area contributed by atoms with Crippen molar-refractivity contribution in [3.63, 3.8) is 0 Å². The van der Waals surface area contributed by atoms with E-state index in [0.29, 0.717) is 12.1 Å². The summed E-state index contributed by atoms with van der Waals surface area (Å²) in [5.74, 6) is -0.0473. The van der Waals surface area contributed by atoms with Gasteiger partial charge in [0.15, 0.2) is 0 Å². The van der Waals surface area contributed by atoms with Crippen molar-refractivity contribution in [3.8, 4) is 0 Å². The van der Waals surface area contributed by atoms with Gasteiger partial charge in [-0.3, -0.25) is 4.79 Å². The molecular formula is C16H25N3O2. The highest BCUT2D eigenvalue weighted by Gasteiger charge is 2.18. The molecule has 0 spiro atoms. The van der Waals surface area contributed by atoms with E-state index in [9.17, 15) is 4.79 Å². The molecule has 1 aliphatic heterocycles. The third-order valence-electron chi connectivity index (χ3n) is 3.56. The molecular weight excluding hydrogens is 266 g/mol. The fourth-order valence-corrected chi connectivity index (χ4v) is 2.31. The van der Waals surface area contributed by atoms with Crippen molar-refractivity contribution in [1.82, 2.24) is 10.2 Å². The highest BCUT2D eigenvalue weighted by atomic mass is 16.5. The molecule has 1 amide bonds. The third kappa shape index (κ3) is 5.02. The summed E-state index contributed by atoms with van der Waals surface area (Å²) in [4.78, 5) is 14.3. The van der Waals surface area contributed by atoms with Crippen LogP contribution in [0.4, 0.5) is 5.69 Å². The van der Waals surface area contributed by atoms with Crippen LogP contribution in [0.2, 0.25) is 0 Å². The molecule has 0 bridgehead atoms. The van der Waals surface area contributed by atoms with Crippen molar-refractivity contribution >= 4 is 11.6 Å². The summed E-state index contributed by atoms with van der Waals surface area (Å²) >= 11 is 0. The summed E-state index contributed by atoms with van der Waals surface area (Å²) in [6.07, 6.45) is 1.16. The van der Waals surface area contributed by atoms with Gasteiger partial charge in [0.1, 0.15) is 0 Å². The zero-order chi connectivity index (χ0) is 15.1. The summed E-state index contributed by atoms with van der Waals surface area (Å²) in [5.41, 5.74) is 1.73. The predicted octanol–water partition coefficient (Wildman–Crippen LogP) is 1.57. The van der Waals surface area contributed by atoms with Gasteiger partial charge in [-0.15, -0.1) is 0 Å². The van der Waals surface area contributed by atoms with E-state index in [1.165, 1.54) is 0 Å². The summed E-state index contributed by atoms with van der Waals surface area (Å²) in [6, 6.07) is 7.58. The number of hydrogen-bond acceptors (Lipinski definition) is 4. The average Bonchev–Trinajstić information content (AvgIpc) is 2.51. The SMILES string of the molecule is CCCNc1ccc(C(=O)NCC2CN(C)CCO2)cc1. The van der Waals surface area contributed by atoms with E-state index in [0.717, 1.165) is 38.3 Å². The van der Waals surface area contributed by atoms with Crippen molar-refractivity contribution in [1.29, 1.82) is 0 Å². The Morgan fingerprint density at radius 1 is 1.38 bits per heavy atom. The molecule has 0 saturated carbocycles. The lowest BCUT2D eigenvalue weighted by Crippen LogP contribution is -2.45. The summed E-state index contributed by atoms with van der Waals surface area (Å²) < 4.78 is 5.63. The molecule has 0 aromatic heterocycles. The highest BCUT2D eigenvalue weighted by molar-refractivity contribution is 5.94. The Bertz CT molecular complexity index is 447. The number of hydrogen-bond donors (Lipinski definition) is 2. The van der Waals surface area contributed by atoms with E-state index >= 15 is 0 Å². The van der Waals surface area contributed by atoms with Crippen LogP contribution >= 0.6 is 0 Å². The van der Waals surface area contributed by atoms with E-state index in [1.54, 1.807) is 0 Å². The molecule has 2 N–H and O–H groups in total. The van der Waals surface area contributed by atoms with Crippen molar-refractivity contribution in [3.05, 3.63) is 29.8 Å². The van der Waals surface area contributed by atoms with Crippen molar-refractivity contribution in [2.24, 2.45) is 0 Å². The van der Waals surface area contributed by atoms with Gasteiger partial charge in [0.05, 0.1) is 12.7 Å². The second-order valence-corrected chi connectivity index (χ2v) is 5.47. The van der Waals surface area contributed by atoms with E-state index in [-0.39, 0.29) is 12.0 Å². The normalized spacial score (nSPS) is 19.2. The van der Waals surface area contributed by atoms with Gasteiger partial charge in [-0.05, 0) is 37.7 Å². The molecule has 2 rings (SSSR count). The number of benzene rings is 1. The Morgan fingerprint density at radius 2 is 2.14 bits per heavy atom. The van der Waals surface area contributed by atoms with Crippen LogP contribution in [0.3, 0.4) is 0 Å². The van der Waals surface area contributed by atoms with Crippen LogP contribution in [0.5, 0.6) is 0 Å². The first-order chi connectivity index (χ1) is 10.2. The summed E-state index contributed by atoms with van der Waals surface area (Å²) in [6.45, 7) is 6.17. The summed E-state index contributed by atoms with van der Waals surface area (Å²) in [5, 5.41) is 6.23. The minimum absolute atomic E-state index is 0.0473. The van der Waals surface area contributed by atoms with Crippen LogP contribution in [0, 0.1) is 0 Å². The standard InChI is InChI=1S/C16H25N3O2/c1-3-8-17-14-6-4-13(5-7-14)16(20)18-11-15-12-19(2)9-10-21-15/h4-7,15,17H,3,8-12H2,1-2H3,(H,18,20). The molecule has 1 fully saturated rings. The molecule has 1 unspecified atom stereocenters. The lowest BCUT2D eigenvalue weighted by atomic mass is 10.2. The molecule has 1 atom stereocenters. The number of nitrogens with zero attached hydrogens (tertiary/aromatic N) is 1. The lowest BCUT2D eigenvalue weighted by Gasteiger charge is -2.30. The number of anilines is 1. The number of amides is 1. The van der Waals surface area contributed by atoms with Crippen molar-refractivity contribution in [2.75, 3.05) is 45.2 Å². The van der Waals surface area contributed by atoms with Gasteiger partial charge in [0.2, 0.25) is 0 Å². The largest absolute Gasteiger partial charge is 0.385 e. The third-order valence-corrected chi connectivity index (χ3v) is 3.56. The lowest BCUT2D eigenvalue weighted by molar-refractivity contribution is -0.0175. The Labute approximate surface area is 126 Å². The topological polar surface area (TPSA) is 53.6 Å². The van der Waals surface area contributed by atoms with Crippen LogP contribution in [0.15, 0.2) is 24.3 Å². The maximum atomic E-state index is 12.1. The van der Waals surface area contributed by atoms with Crippen molar-refractivity contribution in [2.45, 2.75) is 19.4 Å². The molecule has 21 heavy (non-hydrogen) atoms. The zero-order valence-corrected chi connectivity index (χ0v) is 12.9. The maximum absolute atomic E-state index is 12.1. The number of carbonyl (C=O) groups is 1. The second kappa shape index (κ2) is 8.00. The van der Waals surface area contributed by atoms with Gasteiger partial charge in [-0.1, -0.05) is 6.92 Å². The quantitative estimate of drug-likeness (QED) is 0.835. The second-order valence-electron chi connectivity index (χ2n) is 5.47. The summed E-state index contributed by atoms with van der Waals surface area (Å²) in [7, 11) is 2.07. The molecule has 0 aliphatic carbocycles. The first-order valence-electron chi connectivity index (χ1n) is 7.61. The van der Waals surface area contributed by atoms with E-state index < -0.39 is 0 Å². The first kappa shape index (κ1) is 15.8. The highest BCUT2D eigenvalue weighted by Crippen LogP contribution is 2.10. The van der Waals surface area contributed by atoms with Crippen LogP contribution in [-0.2, 0) is 4.74 Å². The monoisotopic (exact) mass is 291 g/mol. The molecule has 116 valence electrons. The van der Waals surface area contributed by atoms with Crippen LogP contribution < -0.4 is 10.6 Å². The fraction of sp³-hybridized carbons (Fsp3) is 0.562. The number of nitrogens with one attached hydrogen (secondary N) is 2. The minimum Gasteiger partial charge on any atom is -0.385 e. The molecule has 1 aromatic carbocycles. The average molecular weight is 291 g/mol. The number of carbonyl (C=O) groups excluding carboxylic acids is 1. The number of morpholine rings is 1. The molecule has 1 heterocycles. The molecule has 0 radical (unpaired) electrons. The Kier molecular flexibility index (Phi) is 6.02. The van der Waals surface area contributed by atoms with Gasteiger partial charge < -0.3 is 20.3 Å². The maximum Gasteiger partial charge on any atom is 0.251 e. The molecule has 1 aliphatic rings. The van der Waals surface area contributed by atoms with Crippen LogP contribution in [0.25, 0.3) is 0 Å². The number of likely N-dealkylation sites (N-methyl/N-ethyl adjacent to an activating group) is 1. The van der Waals surface area contributed by atoms with Gasteiger partial charge >= 0.3 is 0 Å². The Morgan fingerprint density at radius 3 is 2.81 bits per heavy atom. The van der Waals surface area contributed by atoms with Gasteiger partial charge in [-0.2, -0.15) is 0 Å². The number of rotatable bonds is 6. The Balaban J connectivity index is 1.79. The number of ether oxygens (including phenoxy) is 1. The minimum atomic E-state index is -0.0473. The van der Waals surface area contributed by atoms with E-state index in [1.807, 2.05) is 24.3 Å². The van der Waals surface area contributed by atoms with Gasteiger partial charge in [-0.25, -0.2) is 0 Å². The predicted molar refractivity (Wildman–Crippen MR) is 84.8 cm³/mol. The van der Waals surface area contributed by atoms with Crippen molar-refractivity contribution < 1.29 is 9.53 Å². The van der Waals surface area contributed by atoms with E-state index in [4.69, 9.17) is 4.74 Å². The zero-order valence-electron chi connectivity index (χ0n) is 12.9. The van der Waals surface area contributed by atoms with Gasteiger partial charge in [0, 0.05) is 37.4 Å². The van der Waals surface area contributed by atoms with E-state index in [2.05, 4.69) is 29.5 Å². The van der Waals surface area contributed by atoms with Crippen LogP contribution in [0.1, 0.15) is 23.7 Å². The molecule has 5 nitrogen and oxygen atoms in total. The molecule has 5 heteroatoms. The fourth-order valence-electron chi connectivity index (χ4n) is 2.31. The van der Waals surface area contributed by atoms with Crippen LogP contribution in [-0.4, -0.2) is 56.7 Å². The first-order valence-corrected chi connectivity index (χ1v) is 7.61. The Hall–Kier alpha value is -1.59.